The molecule has 1 fully saturated rings. The quantitative estimate of drug-likeness (QED) is 0.0154. The molecule has 23 nitrogen and oxygen atoms in total. The van der Waals surface area contributed by atoms with Gasteiger partial charge in [0.1, 0.15) is 52.7 Å². The maximum Gasteiger partial charge on any atom is 0.524 e. The highest BCUT2D eigenvalue weighted by Gasteiger charge is 2.68. The second-order valence-electron chi connectivity index (χ2n) is 23.0. The van der Waals surface area contributed by atoms with Crippen molar-refractivity contribution in [3.63, 3.8) is 0 Å². The zero-order valence-corrected chi connectivity index (χ0v) is 51.9. The van der Waals surface area contributed by atoms with Crippen LogP contribution in [0.15, 0.2) is 60.7 Å². The number of fused-ring (bicyclic) bond motifs is 4. The lowest BCUT2D eigenvalue weighted by molar-refractivity contribution is -0.147. The van der Waals surface area contributed by atoms with Crippen LogP contribution in [0.2, 0.25) is 5.02 Å². The number of carbonyl (C=O) groups is 5. The number of aliphatic carboxylic acids is 2. The molecule has 2 aliphatic rings. The number of alkyl halides is 8. The first-order valence-electron chi connectivity index (χ1n) is 27.1. The third kappa shape index (κ3) is 16.0. The summed E-state index contributed by atoms with van der Waals surface area (Å²) in [6.07, 6.45) is -13.8. The minimum absolute atomic E-state index is 0.0559. The predicted octanol–water partition coefficient (Wildman–Crippen LogP) is 7.84. The summed E-state index contributed by atoms with van der Waals surface area (Å²) in [4.78, 5) is 89.5. The van der Waals surface area contributed by atoms with Crippen LogP contribution in [0.4, 0.5) is 43.9 Å². The lowest BCUT2D eigenvalue weighted by Gasteiger charge is -2.32. The largest absolute Gasteiger partial charge is 0.755 e. The van der Waals surface area contributed by atoms with E-state index in [1.165, 1.54) is 27.7 Å². The van der Waals surface area contributed by atoms with E-state index in [1.54, 1.807) is 0 Å². The fourth-order valence-electron chi connectivity index (χ4n) is 10.9. The van der Waals surface area contributed by atoms with Gasteiger partial charge in [-0.2, -0.15) is 45.3 Å². The lowest BCUT2D eigenvalue weighted by atomic mass is 9.77. The summed E-state index contributed by atoms with van der Waals surface area (Å²) >= 11 is 3.05. The van der Waals surface area contributed by atoms with E-state index in [9.17, 15) is 92.1 Å². The standard InChI is InChI=1S/C56H52ClF10N8O15PS2/c1-52(2,46-27(7-6-8-39(46)90-91(83,84)85)18-40(76)70-37(51(81)82)21-43(79)80)22-42(78)75(92(86)87)23-38-45-35(57)12-11-32(48(45)74(71-38)25-54(60,61)62)31-10-9-30(13-14-53(3,4)93(5,88)89)68-47(31)36(17-26-15-28(58)19-29(59)16-26)69-41(77)24-73-50-44(49(72-73)56(65,66)67)33-20-34(33)55(50,63)64/h6-12,15-16,19,33-34,36-37H,17-18,20-25H2,1-5H3,(H,69,77)(H,70,76)(H,79,80)(H,81,82)(H,86,87)(H2,83,84,85)/p-1/t33-,34+,36-,37-/m0/s1. The minimum Gasteiger partial charge on any atom is -0.755 e. The Balaban J connectivity index is 1.27. The van der Waals surface area contributed by atoms with Crippen LogP contribution in [-0.4, -0.2) is 119 Å². The molecule has 0 bridgehead atoms. The number of halogens is 11. The first-order valence-corrected chi connectivity index (χ1v) is 31.9. The van der Waals surface area contributed by atoms with Crippen LogP contribution in [0.5, 0.6) is 5.75 Å². The highest BCUT2D eigenvalue weighted by molar-refractivity contribution is 7.92. The molecule has 37 heteroatoms. The molecule has 0 radical (unpaired) electrons. The van der Waals surface area contributed by atoms with Crippen molar-refractivity contribution in [1.29, 1.82) is 0 Å². The molecule has 6 N–H and O–H groups in total. The molecule has 0 saturated heterocycles. The van der Waals surface area contributed by atoms with Crippen LogP contribution in [0, 0.1) is 29.4 Å². The van der Waals surface area contributed by atoms with Crippen LogP contribution in [0.25, 0.3) is 22.0 Å². The Hall–Kier alpha value is -8.00. The number of carbonyl (C=O) groups excluding carboxylic acids is 3. The number of carboxylic acid groups (broad SMARTS) is 2. The van der Waals surface area contributed by atoms with Gasteiger partial charge in [-0.3, -0.25) is 46.8 Å². The number of hydrogen-bond acceptors (Lipinski definition) is 14. The van der Waals surface area contributed by atoms with Crippen molar-refractivity contribution in [3.05, 3.63) is 128 Å². The molecule has 8 rings (SSSR count). The van der Waals surface area contributed by atoms with Gasteiger partial charge in [-0.05, 0) is 86.1 Å². The summed E-state index contributed by atoms with van der Waals surface area (Å²) < 4.78 is 217. The van der Waals surface area contributed by atoms with Gasteiger partial charge in [0.2, 0.25) is 17.7 Å². The van der Waals surface area contributed by atoms with Crippen LogP contribution in [-0.2, 0) is 99.6 Å². The molecule has 0 spiro atoms. The maximum atomic E-state index is 15.7. The molecule has 3 heterocycles. The Bertz CT molecular complexity index is 4300. The van der Waals surface area contributed by atoms with Crippen molar-refractivity contribution >= 4 is 81.1 Å². The minimum atomic E-state index is -5.52. The third-order valence-electron chi connectivity index (χ3n) is 15.1. The number of hydrogen-bond donors (Lipinski definition) is 6. The fourth-order valence-corrected chi connectivity index (χ4v) is 12.2. The monoisotopic (exact) mass is 1400 g/mol. The summed E-state index contributed by atoms with van der Waals surface area (Å²) in [6.45, 7) is 0.111. The second kappa shape index (κ2) is 25.7. The lowest BCUT2D eigenvalue weighted by Crippen LogP contribution is -2.43. The number of phosphoric ester groups is 1. The van der Waals surface area contributed by atoms with Crippen LogP contribution < -0.4 is 15.2 Å². The van der Waals surface area contributed by atoms with Crippen molar-refractivity contribution in [1.82, 2.24) is 39.5 Å². The van der Waals surface area contributed by atoms with Gasteiger partial charge in [0.15, 0.2) is 15.5 Å². The number of benzene rings is 3. The smallest absolute Gasteiger partial charge is 0.524 e. The number of nitrogens with zero attached hydrogens (tertiary/aromatic N) is 6. The van der Waals surface area contributed by atoms with Gasteiger partial charge < -0.3 is 29.9 Å². The number of sulfone groups is 1. The fraction of sp³-hybridized carbons (Fsp3) is 0.393. The molecule has 0 aliphatic heterocycles. The molecule has 1 unspecified atom stereocenters. The first-order chi connectivity index (χ1) is 42.8. The number of aromatic nitrogens is 5. The van der Waals surface area contributed by atoms with Gasteiger partial charge in [-0.1, -0.05) is 49.6 Å². The molecule has 3 aromatic carbocycles. The van der Waals surface area contributed by atoms with E-state index in [1.807, 2.05) is 5.32 Å². The molecule has 5 atom stereocenters. The van der Waals surface area contributed by atoms with E-state index in [2.05, 4.69) is 32.3 Å². The summed E-state index contributed by atoms with van der Waals surface area (Å²) in [7, 11) is -9.51. The molecule has 1 saturated carbocycles. The average molecular weight is 1400 g/mol. The Kier molecular flexibility index (Phi) is 19.6. The Labute approximate surface area is 527 Å². The van der Waals surface area contributed by atoms with Crippen LogP contribution in [0.1, 0.15) is 110 Å². The SMILES string of the molecule is CC(C)(CC(=O)N(Cc1nn(CC(F)(F)F)c2c(-c3ccc(C#CC(C)(C)S(C)(=O)=O)nc3[C@H](Cc3cc(F)cc(F)c3)NC(=O)Cn3nc(C(F)(F)F)c4c3C(F)(F)[C@@H]3C[C@H]43)ccc(Cl)c12)S(=O)[O-])c1c(CC(=O)N[C@@H](CC(=O)O)C(=O)O)cccc1OP(=O)(O)O. The Morgan fingerprint density at radius 3 is 2.16 bits per heavy atom. The van der Waals surface area contributed by atoms with Crippen molar-refractivity contribution in [2.24, 2.45) is 5.92 Å². The highest BCUT2D eigenvalue weighted by Crippen LogP contribution is 2.68. The molecule has 93 heavy (non-hydrogen) atoms. The number of nitrogens with one attached hydrogen (secondary N) is 2. The highest BCUT2D eigenvalue weighted by atomic mass is 35.5. The molecular formula is C56H51ClF10N8O15PS2-. The van der Waals surface area contributed by atoms with E-state index in [0.717, 1.165) is 60.9 Å². The second-order valence-corrected chi connectivity index (χ2v) is 28.0. The summed E-state index contributed by atoms with van der Waals surface area (Å²) in [5.41, 5.74) is -9.56. The molecule has 500 valence electrons. The van der Waals surface area contributed by atoms with Crippen molar-refractivity contribution in [3.8, 4) is 28.7 Å². The third-order valence-corrected chi connectivity index (χ3v) is 18.5. The first kappa shape index (κ1) is 70.9. The summed E-state index contributed by atoms with van der Waals surface area (Å²) in [5.74, 6) is -12.2. The van der Waals surface area contributed by atoms with Crippen molar-refractivity contribution in [2.45, 2.75) is 126 Å². The van der Waals surface area contributed by atoms with Gasteiger partial charge in [0.25, 0.3) is 5.92 Å². The molecular weight excluding hydrogens is 1350 g/mol. The molecule has 3 aromatic heterocycles. The number of carboxylic acids is 2. The van der Waals surface area contributed by atoms with E-state index in [-0.39, 0.29) is 48.0 Å². The summed E-state index contributed by atoms with van der Waals surface area (Å²) in [6, 6.07) is 5.68. The zero-order valence-electron chi connectivity index (χ0n) is 48.6. The summed E-state index contributed by atoms with van der Waals surface area (Å²) in [5, 5.41) is 29.5. The van der Waals surface area contributed by atoms with E-state index in [0.29, 0.717) is 6.07 Å². The number of rotatable bonds is 23. The Morgan fingerprint density at radius 1 is 0.935 bits per heavy atom. The van der Waals surface area contributed by atoms with Gasteiger partial charge in [0.05, 0.1) is 58.6 Å². The van der Waals surface area contributed by atoms with Crippen LogP contribution in [0.3, 0.4) is 0 Å². The molecule has 2 aliphatic carbocycles. The maximum absolute atomic E-state index is 15.7. The normalized spacial score (nSPS) is 16.5. The van der Waals surface area contributed by atoms with Gasteiger partial charge in [-0.15, -0.1) is 0 Å². The Morgan fingerprint density at radius 2 is 1.58 bits per heavy atom. The van der Waals surface area contributed by atoms with E-state index >= 15 is 17.6 Å². The number of amides is 3. The van der Waals surface area contributed by atoms with Crippen LogP contribution >= 0.6 is 19.4 Å². The van der Waals surface area contributed by atoms with E-state index in [4.69, 9.17) is 16.1 Å². The number of pyridine rings is 1. The molecule has 6 aromatic rings. The van der Waals surface area contributed by atoms with Crippen molar-refractivity contribution < 1.29 is 114 Å². The van der Waals surface area contributed by atoms with E-state index < -0.39 is 223 Å². The number of phosphoric acid groups is 1. The van der Waals surface area contributed by atoms with Gasteiger partial charge in [-0.25, -0.2) is 31.5 Å². The van der Waals surface area contributed by atoms with Gasteiger partial charge >= 0.3 is 32.1 Å². The molecule has 3 amide bonds. The average Bonchev–Trinajstić information content (AvgIpc) is 1.52. The predicted molar refractivity (Wildman–Crippen MR) is 304 cm³/mol. The topological polar surface area (TPSA) is 343 Å². The van der Waals surface area contributed by atoms with Crippen molar-refractivity contribution in [2.75, 3.05) is 6.26 Å². The zero-order chi connectivity index (χ0) is 69.2. The van der Waals surface area contributed by atoms with Gasteiger partial charge in [0, 0.05) is 57.7 Å².